The summed E-state index contributed by atoms with van der Waals surface area (Å²) >= 11 is 3.21. The van der Waals surface area contributed by atoms with Crippen molar-refractivity contribution in [2.45, 2.75) is 0 Å². The van der Waals surface area contributed by atoms with Gasteiger partial charge >= 0.3 is 0 Å². The summed E-state index contributed by atoms with van der Waals surface area (Å²) in [7, 11) is 0. The van der Waals surface area contributed by atoms with Gasteiger partial charge in [-0.05, 0) is 11.6 Å². The first-order valence-corrected chi connectivity index (χ1v) is 5.27. The highest BCUT2D eigenvalue weighted by molar-refractivity contribution is 9.09. The summed E-state index contributed by atoms with van der Waals surface area (Å²) in [5, 5.41) is 11.3. The molecule has 1 aromatic carbocycles. The van der Waals surface area contributed by atoms with Crippen LogP contribution >= 0.6 is 15.9 Å². The lowest BCUT2D eigenvalue weighted by molar-refractivity contribution is -0.385. The molecule has 0 fully saturated rings. The number of carbonyl (C=O) groups is 1. The second-order valence-corrected chi connectivity index (χ2v) is 3.40. The largest absolute Gasteiger partial charge is 0.298 e. The number of aldehydes is 1. The van der Waals surface area contributed by atoms with Crippen LogP contribution in [-0.4, -0.2) is 16.5 Å². The van der Waals surface area contributed by atoms with Gasteiger partial charge in [0.25, 0.3) is 5.69 Å². The number of alkyl halides is 1. The zero-order valence-electron chi connectivity index (χ0n) is 7.72. The van der Waals surface area contributed by atoms with E-state index in [0.717, 1.165) is 0 Å². The van der Waals surface area contributed by atoms with Crippen LogP contribution in [0.25, 0.3) is 6.08 Å². The Morgan fingerprint density at radius 2 is 2.20 bits per heavy atom. The molecule has 0 spiro atoms. The summed E-state index contributed by atoms with van der Waals surface area (Å²) in [4.78, 5) is 20.6. The molecule has 0 aliphatic heterocycles. The summed E-state index contributed by atoms with van der Waals surface area (Å²) in [5.41, 5.74) is 0.629. The number of carbonyl (C=O) groups excluding carboxylic acids is 1. The quantitative estimate of drug-likeness (QED) is 0.366. The first-order chi connectivity index (χ1) is 7.19. The monoisotopic (exact) mass is 269 g/mol. The average Bonchev–Trinajstić information content (AvgIpc) is 2.25. The number of benzene rings is 1. The highest BCUT2D eigenvalue weighted by atomic mass is 79.9. The SMILES string of the molecule is O=Cc1ccc(C=CCBr)cc1[N+](=O)[O-]. The number of hydrogen-bond donors (Lipinski definition) is 0. The van der Waals surface area contributed by atoms with Gasteiger partial charge < -0.3 is 0 Å². The molecule has 15 heavy (non-hydrogen) atoms. The van der Waals surface area contributed by atoms with E-state index >= 15 is 0 Å². The topological polar surface area (TPSA) is 60.2 Å². The Kier molecular flexibility index (Phi) is 4.17. The molecular formula is C10H8BrNO3. The van der Waals surface area contributed by atoms with E-state index in [0.29, 0.717) is 17.2 Å². The molecule has 1 aromatic rings. The molecule has 0 atom stereocenters. The number of nitro benzene ring substituents is 1. The lowest BCUT2D eigenvalue weighted by Gasteiger charge is -1.97. The van der Waals surface area contributed by atoms with Crippen LogP contribution < -0.4 is 0 Å². The predicted octanol–water partition coefficient (Wildman–Crippen LogP) is 2.82. The number of nitro groups is 1. The molecule has 0 unspecified atom stereocenters. The van der Waals surface area contributed by atoms with Crippen LogP contribution in [0.1, 0.15) is 15.9 Å². The van der Waals surface area contributed by atoms with E-state index in [-0.39, 0.29) is 11.3 Å². The smallest absolute Gasteiger partial charge is 0.280 e. The average molecular weight is 270 g/mol. The van der Waals surface area contributed by atoms with E-state index in [1.165, 1.54) is 12.1 Å². The van der Waals surface area contributed by atoms with Crippen LogP contribution in [0.4, 0.5) is 5.69 Å². The fraction of sp³-hybridized carbons (Fsp3) is 0.100. The molecule has 4 nitrogen and oxygen atoms in total. The maximum Gasteiger partial charge on any atom is 0.280 e. The first kappa shape index (κ1) is 11.6. The Balaban J connectivity index is 3.15. The molecule has 0 heterocycles. The fourth-order valence-corrected chi connectivity index (χ4v) is 1.29. The van der Waals surface area contributed by atoms with Crippen molar-refractivity contribution in [3.63, 3.8) is 0 Å². The van der Waals surface area contributed by atoms with Crippen molar-refractivity contribution >= 4 is 34.0 Å². The number of halogens is 1. The number of nitrogens with zero attached hydrogens (tertiary/aromatic N) is 1. The molecule has 0 aromatic heterocycles. The maximum atomic E-state index is 10.6. The van der Waals surface area contributed by atoms with Gasteiger partial charge in [-0.15, -0.1) is 0 Å². The summed E-state index contributed by atoms with van der Waals surface area (Å²) < 4.78 is 0. The summed E-state index contributed by atoms with van der Waals surface area (Å²) in [5.74, 6) is 0. The molecule has 0 radical (unpaired) electrons. The van der Waals surface area contributed by atoms with Gasteiger partial charge in [-0.3, -0.25) is 14.9 Å². The van der Waals surface area contributed by atoms with Crippen molar-refractivity contribution in [2.24, 2.45) is 0 Å². The van der Waals surface area contributed by atoms with Crippen LogP contribution in [0, 0.1) is 10.1 Å². The van der Waals surface area contributed by atoms with Crippen LogP contribution in [0.2, 0.25) is 0 Å². The van der Waals surface area contributed by atoms with Crippen molar-refractivity contribution in [2.75, 3.05) is 5.33 Å². The van der Waals surface area contributed by atoms with E-state index < -0.39 is 4.92 Å². The molecule has 0 saturated carbocycles. The number of allylic oxidation sites excluding steroid dienone is 1. The highest BCUT2D eigenvalue weighted by Gasteiger charge is 2.12. The lowest BCUT2D eigenvalue weighted by atomic mass is 10.1. The van der Waals surface area contributed by atoms with Gasteiger partial charge in [0.2, 0.25) is 0 Å². The van der Waals surface area contributed by atoms with Gasteiger partial charge in [-0.1, -0.05) is 34.1 Å². The number of rotatable bonds is 4. The second kappa shape index (κ2) is 5.41. The van der Waals surface area contributed by atoms with Crippen molar-refractivity contribution in [3.8, 4) is 0 Å². The van der Waals surface area contributed by atoms with Crippen molar-refractivity contribution in [1.82, 2.24) is 0 Å². The molecule has 0 aliphatic rings. The number of hydrogen-bond acceptors (Lipinski definition) is 3. The molecule has 0 amide bonds. The minimum Gasteiger partial charge on any atom is -0.298 e. The summed E-state index contributed by atoms with van der Waals surface area (Å²) in [6, 6.07) is 4.48. The van der Waals surface area contributed by atoms with E-state index in [1.54, 1.807) is 12.1 Å². The van der Waals surface area contributed by atoms with Crippen molar-refractivity contribution < 1.29 is 9.72 Å². The van der Waals surface area contributed by atoms with Crippen molar-refractivity contribution in [1.29, 1.82) is 0 Å². The molecule has 0 saturated heterocycles. The van der Waals surface area contributed by atoms with Crippen molar-refractivity contribution in [3.05, 3.63) is 45.5 Å². The minimum atomic E-state index is -0.560. The van der Waals surface area contributed by atoms with Gasteiger partial charge in [0.15, 0.2) is 6.29 Å². The lowest BCUT2D eigenvalue weighted by Crippen LogP contribution is -1.94. The van der Waals surface area contributed by atoms with E-state index in [4.69, 9.17) is 0 Å². The van der Waals surface area contributed by atoms with Crippen LogP contribution in [-0.2, 0) is 0 Å². The van der Waals surface area contributed by atoms with Gasteiger partial charge in [-0.25, -0.2) is 0 Å². The summed E-state index contributed by atoms with van der Waals surface area (Å²) in [6.07, 6.45) is 4.05. The standard InChI is InChI=1S/C10H8BrNO3/c11-5-1-2-8-3-4-9(7-13)10(6-8)12(14)15/h1-4,6-7H,5H2. The van der Waals surface area contributed by atoms with E-state index in [9.17, 15) is 14.9 Å². The zero-order valence-corrected chi connectivity index (χ0v) is 9.31. The first-order valence-electron chi connectivity index (χ1n) is 4.15. The minimum absolute atomic E-state index is 0.0935. The van der Waals surface area contributed by atoms with Gasteiger partial charge in [-0.2, -0.15) is 0 Å². The summed E-state index contributed by atoms with van der Waals surface area (Å²) in [6.45, 7) is 0. The predicted molar refractivity (Wildman–Crippen MR) is 61.3 cm³/mol. The molecule has 0 bridgehead atoms. The Morgan fingerprint density at radius 3 is 2.73 bits per heavy atom. The zero-order chi connectivity index (χ0) is 11.3. The highest BCUT2D eigenvalue weighted by Crippen LogP contribution is 2.19. The van der Waals surface area contributed by atoms with E-state index in [2.05, 4.69) is 15.9 Å². The third-order valence-electron chi connectivity index (χ3n) is 1.78. The molecule has 1 rings (SSSR count). The second-order valence-electron chi connectivity index (χ2n) is 2.75. The normalized spacial score (nSPS) is 10.5. The Morgan fingerprint density at radius 1 is 1.47 bits per heavy atom. The van der Waals surface area contributed by atoms with Crippen LogP contribution in [0.15, 0.2) is 24.3 Å². The molecule has 0 N–H and O–H groups in total. The van der Waals surface area contributed by atoms with Gasteiger partial charge in [0.05, 0.1) is 10.5 Å². The third-order valence-corrected chi connectivity index (χ3v) is 2.15. The molecule has 0 aliphatic carbocycles. The third kappa shape index (κ3) is 2.99. The Labute approximate surface area is 94.9 Å². The Bertz CT molecular complexity index is 415. The van der Waals surface area contributed by atoms with Gasteiger partial charge in [0.1, 0.15) is 0 Å². The fourth-order valence-electron chi connectivity index (χ4n) is 1.10. The molecular weight excluding hydrogens is 262 g/mol. The Hall–Kier alpha value is -1.49. The maximum absolute atomic E-state index is 10.6. The van der Waals surface area contributed by atoms with Crippen LogP contribution in [0.5, 0.6) is 0 Å². The van der Waals surface area contributed by atoms with Gasteiger partial charge in [0, 0.05) is 11.4 Å². The molecule has 78 valence electrons. The van der Waals surface area contributed by atoms with Crippen LogP contribution in [0.3, 0.4) is 0 Å². The van der Waals surface area contributed by atoms with E-state index in [1.807, 2.05) is 6.08 Å². The molecule has 5 heteroatoms.